The fourth-order valence-corrected chi connectivity index (χ4v) is 2.30. The highest BCUT2D eigenvalue weighted by atomic mass is 127. The molecule has 3 heteroatoms. The molecule has 0 aliphatic rings. The minimum Gasteiger partial charge on any atom is -0.294 e. The summed E-state index contributed by atoms with van der Waals surface area (Å²) in [5.74, 6) is 0.115. The molecule has 0 fully saturated rings. The zero-order valence-corrected chi connectivity index (χ0v) is 11.9. The summed E-state index contributed by atoms with van der Waals surface area (Å²) >= 11 is 8.03. The standard InChI is InChI=1S/C14H10ClIO/c15-12-6-4-11(5-7-12)14(17)9-10-2-1-3-13(16)8-10/h1-8H,9H2. The molecule has 0 unspecified atom stereocenters. The van der Waals surface area contributed by atoms with Crippen molar-refractivity contribution >= 4 is 40.0 Å². The summed E-state index contributed by atoms with van der Waals surface area (Å²) in [6.45, 7) is 0. The Hall–Kier alpha value is -0.870. The molecule has 0 spiro atoms. The van der Waals surface area contributed by atoms with Crippen molar-refractivity contribution < 1.29 is 4.79 Å². The topological polar surface area (TPSA) is 17.1 Å². The van der Waals surface area contributed by atoms with Gasteiger partial charge in [-0.15, -0.1) is 0 Å². The van der Waals surface area contributed by atoms with Gasteiger partial charge in [0.05, 0.1) is 0 Å². The highest BCUT2D eigenvalue weighted by Gasteiger charge is 2.06. The normalized spacial score (nSPS) is 10.2. The fourth-order valence-electron chi connectivity index (χ4n) is 1.57. The summed E-state index contributed by atoms with van der Waals surface area (Å²) < 4.78 is 1.14. The summed E-state index contributed by atoms with van der Waals surface area (Å²) in [4.78, 5) is 12.0. The molecule has 0 aliphatic carbocycles. The molecule has 0 bridgehead atoms. The van der Waals surface area contributed by atoms with E-state index >= 15 is 0 Å². The van der Waals surface area contributed by atoms with Gasteiger partial charge in [0, 0.05) is 20.6 Å². The van der Waals surface area contributed by atoms with Gasteiger partial charge in [0.15, 0.2) is 5.78 Å². The summed E-state index contributed by atoms with van der Waals surface area (Å²) in [7, 11) is 0. The van der Waals surface area contributed by atoms with E-state index < -0.39 is 0 Å². The van der Waals surface area contributed by atoms with Crippen molar-refractivity contribution in [2.45, 2.75) is 6.42 Å². The van der Waals surface area contributed by atoms with Gasteiger partial charge in [0.25, 0.3) is 0 Å². The van der Waals surface area contributed by atoms with Gasteiger partial charge in [0.2, 0.25) is 0 Å². The van der Waals surface area contributed by atoms with Crippen LogP contribution in [0.4, 0.5) is 0 Å². The number of rotatable bonds is 3. The number of hydrogen-bond donors (Lipinski definition) is 0. The van der Waals surface area contributed by atoms with Crippen molar-refractivity contribution in [3.63, 3.8) is 0 Å². The van der Waals surface area contributed by atoms with Crippen LogP contribution in [0.1, 0.15) is 15.9 Å². The van der Waals surface area contributed by atoms with E-state index in [1.165, 1.54) is 0 Å². The molecule has 2 aromatic carbocycles. The van der Waals surface area contributed by atoms with Gasteiger partial charge in [-0.3, -0.25) is 4.79 Å². The van der Waals surface area contributed by atoms with Crippen molar-refractivity contribution in [3.05, 3.63) is 68.3 Å². The number of carbonyl (C=O) groups excluding carboxylic acids is 1. The largest absolute Gasteiger partial charge is 0.294 e. The quantitative estimate of drug-likeness (QED) is 0.589. The van der Waals surface area contributed by atoms with Crippen LogP contribution in [0.25, 0.3) is 0 Å². The van der Waals surface area contributed by atoms with E-state index in [9.17, 15) is 4.79 Å². The number of carbonyl (C=O) groups is 1. The zero-order valence-electron chi connectivity index (χ0n) is 8.99. The fraction of sp³-hybridized carbons (Fsp3) is 0.0714. The molecular formula is C14H10ClIO. The Morgan fingerprint density at radius 2 is 1.82 bits per heavy atom. The molecule has 17 heavy (non-hydrogen) atoms. The first-order chi connectivity index (χ1) is 8.15. The lowest BCUT2D eigenvalue weighted by molar-refractivity contribution is 0.0993. The molecule has 86 valence electrons. The Bertz CT molecular complexity index is 534. The minimum absolute atomic E-state index is 0.115. The Balaban J connectivity index is 2.14. The zero-order chi connectivity index (χ0) is 12.3. The van der Waals surface area contributed by atoms with Gasteiger partial charge in [-0.05, 0) is 64.6 Å². The molecule has 0 N–H and O–H groups in total. The summed E-state index contributed by atoms with van der Waals surface area (Å²) in [6.07, 6.45) is 0.429. The van der Waals surface area contributed by atoms with Crippen LogP contribution in [0.3, 0.4) is 0 Å². The van der Waals surface area contributed by atoms with E-state index in [-0.39, 0.29) is 5.78 Å². The second-order valence-electron chi connectivity index (χ2n) is 3.74. The molecule has 0 heterocycles. The Morgan fingerprint density at radius 1 is 1.12 bits per heavy atom. The molecule has 0 radical (unpaired) electrons. The lowest BCUT2D eigenvalue weighted by Gasteiger charge is -2.02. The van der Waals surface area contributed by atoms with E-state index in [2.05, 4.69) is 22.6 Å². The first-order valence-electron chi connectivity index (χ1n) is 5.18. The molecule has 0 aliphatic heterocycles. The van der Waals surface area contributed by atoms with Crippen molar-refractivity contribution in [1.82, 2.24) is 0 Å². The van der Waals surface area contributed by atoms with Gasteiger partial charge in [-0.1, -0.05) is 23.7 Å². The number of Topliss-reactive ketones (excluding diaryl/α,β-unsaturated/α-hetero) is 1. The van der Waals surface area contributed by atoms with Crippen LogP contribution < -0.4 is 0 Å². The van der Waals surface area contributed by atoms with E-state index in [1.54, 1.807) is 24.3 Å². The molecule has 0 aromatic heterocycles. The predicted molar refractivity (Wildman–Crippen MR) is 78.6 cm³/mol. The third-order valence-electron chi connectivity index (χ3n) is 2.42. The van der Waals surface area contributed by atoms with Crippen LogP contribution in [0.2, 0.25) is 5.02 Å². The first-order valence-corrected chi connectivity index (χ1v) is 6.64. The molecule has 0 amide bonds. The Morgan fingerprint density at radius 3 is 2.47 bits per heavy atom. The number of hydrogen-bond acceptors (Lipinski definition) is 1. The lowest BCUT2D eigenvalue weighted by Crippen LogP contribution is -2.03. The molecule has 2 rings (SSSR count). The van der Waals surface area contributed by atoms with Gasteiger partial charge in [-0.25, -0.2) is 0 Å². The van der Waals surface area contributed by atoms with Crippen molar-refractivity contribution in [1.29, 1.82) is 0 Å². The van der Waals surface area contributed by atoms with Crippen LogP contribution in [0.15, 0.2) is 48.5 Å². The van der Waals surface area contributed by atoms with E-state index in [1.807, 2.05) is 24.3 Å². The van der Waals surface area contributed by atoms with Gasteiger partial charge >= 0.3 is 0 Å². The van der Waals surface area contributed by atoms with E-state index in [0.29, 0.717) is 17.0 Å². The van der Waals surface area contributed by atoms with E-state index in [4.69, 9.17) is 11.6 Å². The van der Waals surface area contributed by atoms with Crippen LogP contribution in [-0.4, -0.2) is 5.78 Å². The molecule has 0 atom stereocenters. The van der Waals surface area contributed by atoms with Crippen molar-refractivity contribution in [3.8, 4) is 0 Å². The summed E-state index contributed by atoms with van der Waals surface area (Å²) in [5, 5.41) is 0.649. The third-order valence-corrected chi connectivity index (χ3v) is 3.34. The monoisotopic (exact) mass is 356 g/mol. The van der Waals surface area contributed by atoms with Crippen LogP contribution in [-0.2, 0) is 6.42 Å². The maximum atomic E-state index is 12.0. The molecule has 1 nitrogen and oxygen atoms in total. The minimum atomic E-state index is 0.115. The van der Waals surface area contributed by atoms with E-state index in [0.717, 1.165) is 9.13 Å². The van der Waals surface area contributed by atoms with Crippen LogP contribution in [0, 0.1) is 3.57 Å². The molecule has 0 saturated carbocycles. The Kier molecular flexibility index (Phi) is 4.18. The highest BCUT2D eigenvalue weighted by Crippen LogP contribution is 2.14. The van der Waals surface area contributed by atoms with Gasteiger partial charge in [0.1, 0.15) is 0 Å². The first kappa shape index (κ1) is 12.6. The second kappa shape index (κ2) is 5.65. The molecule has 2 aromatic rings. The second-order valence-corrected chi connectivity index (χ2v) is 5.42. The maximum Gasteiger partial charge on any atom is 0.167 e. The van der Waals surface area contributed by atoms with Gasteiger partial charge < -0.3 is 0 Å². The highest BCUT2D eigenvalue weighted by molar-refractivity contribution is 14.1. The van der Waals surface area contributed by atoms with Crippen LogP contribution in [0.5, 0.6) is 0 Å². The molecular weight excluding hydrogens is 347 g/mol. The smallest absolute Gasteiger partial charge is 0.167 e. The molecule has 0 saturated heterocycles. The number of benzene rings is 2. The maximum absolute atomic E-state index is 12.0. The van der Waals surface area contributed by atoms with Crippen molar-refractivity contribution in [2.24, 2.45) is 0 Å². The SMILES string of the molecule is O=C(Cc1cccc(I)c1)c1ccc(Cl)cc1. The third kappa shape index (κ3) is 3.54. The summed E-state index contributed by atoms with van der Waals surface area (Å²) in [5.41, 5.74) is 1.74. The Labute approximate surface area is 119 Å². The average molecular weight is 357 g/mol. The summed E-state index contributed by atoms with van der Waals surface area (Å²) in [6, 6.07) is 15.0. The van der Waals surface area contributed by atoms with Crippen LogP contribution >= 0.6 is 34.2 Å². The predicted octanol–water partition coefficient (Wildman–Crippen LogP) is 4.37. The van der Waals surface area contributed by atoms with Crippen molar-refractivity contribution in [2.75, 3.05) is 0 Å². The average Bonchev–Trinajstić information content (AvgIpc) is 2.29. The van der Waals surface area contributed by atoms with Gasteiger partial charge in [-0.2, -0.15) is 0 Å². The number of ketones is 1. The number of halogens is 2. The lowest BCUT2D eigenvalue weighted by atomic mass is 10.0.